The van der Waals surface area contributed by atoms with E-state index in [-0.39, 0.29) is 16.4 Å². The van der Waals surface area contributed by atoms with Gasteiger partial charge in [-0.3, -0.25) is 4.57 Å². The van der Waals surface area contributed by atoms with E-state index in [2.05, 4.69) is 4.98 Å². The Labute approximate surface area is 117 Å². The molecule has 1 atom stereocenters. The summed E-state index contributed by atoms with van der Waals surface area (Å²) in [4.78, 5) is 3.78. The molecule has 20 heavy (non-hydrogen) atoms. The molecule has 0 spiro atoms. The highest BCUT2D eigenvalue weighted by Crippen LogP contribution is 2.38. The smallest absolute Gasteiger partial charge is 0.394 e. The Hall–Kier alpha value is -1.57. The van der Waals surface area contributed by atoms with Gasteiger partial charge in [0.2, 0.25) is 0 Å². The second-order valence-corrected chi connectivity index (χ2v) is 4.52. The lowest BCUT2D eigenvalue weighted by molar-refractivity contribution is -0.137. The van der Waals surface area contributed by atoms with E-state index in [1.165, 1.54) is 24.7 Å². The number of nitrogens with two attached hydrogens (primary N) is 1. The van der Waals surface area contributed by atoms with Crippen molar-refractivity contribution in [3.63, 3.8) is 0 Å². The molecule has 1 unspecified atom stereocenters. The largest absolute Gasteiger partial charge is 0.418 e. The van der Waals surface area contributed by atoms with Crippen LogP contribution in [-0.4, -0.2) is 21.3 Å². The van der Waals surface area contributed by atoms with Gasteiger partial charge in [0.15, 0.2) is 0 Å². The highest BCUT2D eigenvalue weighted by Gasteiger charge is 2.35. The molecule has 1 aromatic carbocycles. The van der Waals surface area contributed by atoms with E-state index in [1.807, 2.05) is 0 Å². The molecule has 0 fully saturated rings. The molecule has 0 saturated heterocycles. The number of halogens is 4. The third-order valence-electron chi connectivity index (χ3n) is 2.78. The third kappa shape index (κ3) is 2.65. The number of nitrogens with zero attached hydrogens (tertiary/aromatic N) is 2. The molecule has 3 N–H and O–H groups in total. The molecule has 0 saturated carbocycles. The number of aliphatic hydroxyl groups is 1. The van der Waals surface area contributed by atoms with E-state index < -0.39 is 24.4 Å². The van der Waals surface area contributed by atoms with Crippen LogP contribution in [-0.2, 0) is 6.18 Å². The molecule has 0 amide bonds. The van der Waals surface area contributed by atoms with Crippen molar-refractivity contribution in [3.8, 4) is 5.69 Å². The predicted molar refractivity (Wildman–Crippen MR) is 67.6 cm³/mol. The molecular weight excluding hydrogens is 295 g/mol. The van der Waals surface area contributed by atoms with Gasteiger partial charge in [-0.2, -0.15) is 13.2 Å². The van der Waals surface area contributed by atoms with Crippen LogP contribution in [0.3, 0.4) is 0 Å². The number of alkyl halides is 3. The zero-order chi connectivity index (χ0) is 14.9. The van der Waals surface area contributed by atoms with E-state index >= 15 is 0 Å². The number of hydrogen-bond donors (Lipinski definition) is 2. The van der Waals surface area contributed by atoms with Gasteiger partial charge in [-0.25, -0.2) is 4.98 Å². The zero-order valence-corrected chi connectivity index (χ0v) is 10.9. The van der Waals surface area contributed by atoms with Crippen LogP contribution < -0.4 is 5.73 Å². The molecule has 0 aliphatic carbocycles. The van der Waals surface area contributed by atoms with Crippen LogP contribution in [0.1, 0.15) is 17.3 Å². The minimum atomic E-state index is -4.56. The first kappa shape index (κ1) is 14.8. The standard InChI is InChI=1S/C12H11ClF3N3O/c13-8-3-1-2-7(12(14,15)16)11(8)19-6-18-4-10(19)9(17)5-20/h1-4,6,9,20H,5,17H2. The number of hydrogen-bond acceptors (Lipinski definition) is 3. The Morgan fingerprint density at radius 1 is 1.40 bits per heavy atom. The minimum Gasteiger partial charge on any atom is -0.394 e. The summed E-state index contributed by atoms with van der Waals surface area (Å²) in [6, 6.07) is 2.64. The van der Waals surface area contributed by atoms with Gasteiger partial charge < -0.3 is 10.8 Å². The lowest BCUT2D eigenvalue weighted by Crippen LogP contribution is -2.20. The van der Waals surface area contributed by atoms with E-state index in [0.29, 0.717) is 0 Å². The second kappa shape index (κ2) is 5.43. The normalized spacial score (nSPS) is 13.5. The summed E-state index contributed by atoms with van der Waals surface area (Å²) < 4.78 is 40.3. The number of para-hydroxylation sites is 1. The van der Waals surface area contributed by atoms with Crippen LogP contribution in [0.25, 0.3) is 5.69 Å². The van der Waals surface area contributed by atoms with Gasteiger partial charge in [-0.1, -0.05) is 17.7 Å². The van der Waals surface area contributed by atoms with Crippen molar-refractivity contribution in [3.05, 3.63) is 47.0 Å². The number of aliphatic hydroxyl groups excluding tert-OH is 1. The highest BCUT2D eigenvalue weighted by atomic mass is 35.5. The van der Waals surface area contributed by atoms with Crippen LogP contribution in [0.5, 0.6) is 0 Å². The Morgan fingerprint density at radius 3 is 2.70 bits per heavy atom. The topological polar surface area (TPSA) is 64.1 Å². The molecule has 1 heterocycles. The van der Waals surface area contributed by atoms with Crippen molar-refractivity contribution in [2.45, 2.75) is 12.2 Å². The summed E-state index contributed by atoms with van der Waals surface area (Å²) in [5.41, 5.74) is 4.75. The van der Waals surface area contributed by atoms with Crippen LogP contribution in [0, 0.1) is 0 Å². The first-order valence-corrected chi connectivity index (χ1v) is 5.98. The fourth-order valence-corrected chi connectivity index (χ4v) is 2.11. The molecule has 2 rings (SSSR count). The van der Waals surface area contributed by atoms with Gasteiger partial charge >= 0.3 is 6.18 Å². The maximum Gasteiger partial charge on any atom is 0.418 e. The quantitative estimate of drug-likeness (QED) is 0.916. The maximum atomic E-state index is 13.1. The van der Waals surface area contributed by atoms with Crippen LogP contribution in [0.2, 0.25) is 5.02 Å². The molecule has 4 nitrogen and oxygen atoms in total. The Kier molecular flexibility index (Phi) is 4.03. The molecule has 1 aromatic heterocycles. The van der Waals surface area contributed by atoms with Gasteiger partial charge in [-0.05, 0) is 12.1 Å². The molecule has 0 aliphatic rings. The monoisotopic (exact) mass is 305 g/mol. The zero-order valence-electron chi connectivity index (χ0n) is 10.1. The molecule has 2 aromatic rings. The van der Waals surface area contributed by atoms with Crippen LogP contribution >= 0.6 is 11.6 Å². The summed E-state index contributed by atoms with van der Waals surface area (Å²) in [6.45, 7) is -0.419. The number of rotatable bonds is 3. The fourth-order valence-electron chi connectivity index (χ4n) is 1.85. The molecule has 0 radical (unpaired) electrons. The molecule has 8 heteroatoms. The average molecular weight is 306 g/mol. The third-order valence-corrected chi connectivity index (χ3v) is 3.08. The summed E-state index contributed by atoms with van der Waals surface area (Å²) in [5.74, 6) is 0. The summed E-state index contributed by atoms with van der Waals surface area (Å²) >= 11 is 5.89. The number of imidazole rings is 1. The Bertz CT molecular complexity index is 612. The summed E-state index contributed by atoms with van der Waals surface area (Å²) in [7, 11) is 0. The lowest BCUT2D eigenvalue weighted by atomic mass is 10.1. The van der Waals surface area contributed by atoms with E-state index in [4.69, 9.17) is 22.4 Å². The van der Waals surface area contributed by atoms with Gasteiger partial charge in [-0.15, -0.1) is 0 Å². The van der Waals surface area contributed by atoms with Gasteiger partial charge in [0.05, 0.1) is 47.1 Å². The Morgan fingerprint density at radius 2 is 2.10 bits per heavy atom. The average Bonchev–Trinajstić information content (AvgIpc) is 2.85. The van der Waals surface area contributed by atoms with Crippen molar-refractivity contribution >= 4 is 11.6 Å². The van der Waals surface area contributed by atoms with Crippen molar-refractivity contribution in [2.75, 3.05) is 6.61 Å². The highest BCUT2D eigenvalue weighted by molar-refractivity contribution is 6.32. The van der Waals surface area contributed by atoms with Crippen molar-refractivity contribution < 1.29 is 18.3 Å². The van der Waals surface area contributed by atoms with Crippen molar-refractivity contribution in [1.29, 1.82) is 0 Å². The van der Waals surface area contributed by atoms with E-state index in [0.717, 1.165) is 10.6 Å². The van der Waals surface area contributed by atoms with Gasteiger partial charge in [0.1, 0.15) is 0 Å². The van der Waals surface area contributed by atoms with Crippen LogP contribution in [0.15, 0.2) is 30.7 Å². The second-order valence-electron chi connectivity index (χ2n) is 4.11. The van der Waals surface area contributed by atoms with Gasteiger partial charge in [0, 0.05) is 0 Å². The predicted octanol–water partition coefficient (Wildman–Crippen LogP) is 2.54. The first-order chi connectivity index (χ1) is 9.36. The van der Waals surface area contributed by atoms with E-state index in [9.17, 15) is 13.2 Å². The fraction of sp³-hybridized carbons (Fsp3) is 0.250. The van der Waals surface area contributed by atoms with Crippen molar-refractivity contribution in [1.82, 2.24) is 9.55 Å². The number of benzene rings is 1. The maximum absolute atomic E-state index is 13.1. The minimum absolute atomic E-state index is 0.0794. The van der Waals surface area contributed by atoms with Crippen molar-refractivity contribution in [2.24, 2.45) is 5.73 Å². The first-order valence-electron chi connectivity index (χ1n) is 5.61. The SMILES string of the molecule is NC(CO)c1cncn1-c1c(Cl)cccc1C(F)(F)F. The van der Waals surface area contributed by atoms with Gasteiger partial charge in [0.25, 0.3) is 0 Å². The molecule has 108 valence electrons. The summed E-state index contributed by atoms with van der Waals surface area (Å²) in [5, 5.41) is 8.98. The number of aromatic nitrogens is 2. The van der Waals surface area contributed by atoms with E-state index in [1.54, 1.807) is 0 Å². The van der Waals surface area contributed by atoms with Crippen LogP contribution in [0.4, 0.5) is 13.2 Å². The lowest BCUT2D eigenvalue weighted by Gasteiger charge is -2.18. The molecular formula is C12H11ClF3N3O. The molecule has 0 bridgehead atoms. The molecule has 0 aliphatic heterocycles. The summed E-state index contributed by atoms with van der Waals surface area (Å²) in [6.07, 6.45) is -2.09. The Balaban J connectivity index is 2.67.